The number of fused-ring (bicyclic) bond motifs is 1. The molecule has 0 aromatic carbocycles. The average Bonchev–Trinajstić information content (AvgIpc) is 2.67. The van der Waals surface area contributed by atoms with Crippen molar-refractivity contribution in [1.82, 2.24) is 10.6 Å². The van der Waals surface area contributed by atoms with Crippen molar-refractivity contribution < 1.29 is 4.79 Å². The Labute approximate surface area is 92.0 Å². The normalized spacial score (nSPS) is 34.7. The minimum Gasteiger partial charge on any atom is -0.356 e. The summed E-state index contributed by atoms with van der Waals surface area (Å²) in [6.07, 6.45) is 2.10. The lowest BCUT2D eigenvalue weighted by Gasteiger charge is -2.11. The second-order valence-electron chi connectivity index (χ2n) is 5.08. The van der Waals surface area contributed by atoms with E-state index in [4.69, 9.17) is 0 Å². The number of carbonyl (C=O) groups excluding carboxylic acids is 1. The van der Waals surface area contributed by atoms with Gasteiger partial charge in [0.15, 0.2) is 0 Å². The molecule has 3 atom stereocenters. The van der Waals surface area contributed by atoms with Gasteiger partial charge in [-0.15, -0.1) is 0 Å². The van der Waals surface area contributed by atoms with Gasteiger partial charge in [0.1, 0.15) is 0 Å². The summed E-state index contributed by atoms with van der Waals surface area (Å²) in [7, 11) is 0. The van der Waals surface area contributed by atoms with Crippen molar-refractivity contribution in [3.8, 4) is 0 Å². The Balaban J connectivity index is 1.64. The predicted octanol–water partition coefficient (Wildman–Crippen LogP) is 1.00. The van der Waals surface area contributed by atoms with Crippen LogP contribution in [0.5, 0.6) is 0 Å². The maximum Gasteiger partial charge on any atom is 0.222 e. The SMILES string of the molecule is CCCC(C)C(=O)NCC1C2CNCC21. The number of nitrogens with one attached hydrogen (secondary N) is 2. The zero-order chi connectivity index (χ0) is 10.8. The molecule has 2 rings (SSSR count). The average molecular weight is 210 g/mol. The van der Waals surface area contributed by atoms with Gasteiger partial charge in [-0.2, -0.15) is 0 Å². The molecule has 15 heavy (non-hydrogen) atoms. The molecular weight excluding hydrogens is 188 g/mol. The zero-order valence-electron chi connectivity index (χ0n) is 9.75. The molecule has 1 saturated carbocycles. The van der Waals surface area contributed by atoms with Gasteiger partial charge in [0, 0.05) is 12.5 Å². The fourth-order valence-electron chi connectivity index (χ4n) is 2.81. The van der Waals surface area contributed by atoms with Crippen LogP contribution in [0, 0.1) is 23.7 Å². The number of hydrogen-bond donors (Lipinski definition) is 2. The van der Waals surface area contributed by atoms with E-state index in [2.05, 4.69) is 17.6 Å². The molecule has 3 unspecified atom stereocenters. The van der Waals surface area contributed by atoms with Crippen LogP contribution in [0.25, 0.3) is 0 Å². The molecule has 3 nitrogen and oxygen atoms in total. The smallest absolute Gasteiger partial charge is 0.222 e. The number of amides is 1. The Morgan fingerprint density at radius 2 is 2.13 bits per heavy atom. The van der Waals surface area contributed by atoms with Crippen LogP contribution in [0.2, 0.25) is 0 Å². The number of rotatable bonds is 5. The lowest BCUT2D eigenvalue weighted by Crippen LogP contribution is -2.32. The molecule has 1 saturated heterocycles. The summed E-state index contributed by atoms with van der Waals surface area (Å²) in [5, 5.41) is 6.46. The third kappa shape index (κ3) is 2.33. The molecule has 0 radical (unpaired) electrons. The number of piperidine rings is 1. The van der Waals surface area contributed by atoms with E-state index in [1.54, 1.807) is 0 Å². The third-order valence-corrected chi connectivity index (χ3v) is 3.95. The Morgan fingerprint density at radius 3 is 2.73 bits per heavy atom. The first-order valence-corrected chi connectivity index (χ1v) is 6.22. The van der Waals surface area contributed by atoms with Crippen molar-refractivity contribution in [3.05, 3.63) is 0 Å². The molecule has 1 aliphatic heterocycles. The molecule has 0 aromatic rings. The van der Waals surface area contributed by atoms with Gasteiger partial charge in [-0.1, -0.05) is 20.3 Å². The molecule has 2 fully saturated rings. The highest BCUT2D eigenvalue weighted by atomic mass is 16.1. The largest absolute Gasteiger partial charge is 0.356 e. The van der Waals surface area contributed by atoms with Gasteiger partial charge in [-0.3, -0.25) is 4.79 Å². The maximum atomic E-state index is 11.7. The van der Waals surface area contributed by atoms with Crippen molar-refractivity contribution in [2.75, 3.05) is 19.6 Å². The Morgan fingerprint density at radius 1 is 1.47 bits per heavy atom. The molecule has 1 aliphatic carbocycles. The molecule has 0 bridgehead atoms. The highest BCUT2D eigenvalue weighted by Crippen LogP contribution is 2.47. The Hall–Kier alpha value is -0.570. The van der Waals surface area contributed by atoms with Crippen molar-refractivity contribution in [3.63, 3.8) is 0 Å². The second kappa shape index (κ2) is 4.52. The molecule has 2 N–H and O–H groups in total. The lowest BCUT2D eigenvalue weighted by molar-refractivity contribution is -0.124. The summed E-state index contributed by atoms with van der Waals surface area (Å²) < 4.78 is 0. The van der Waals surface area contributed by atoms with Gasteiger partial charge in [0.25, 0.3) is 0 Å². The molecule has 2 aliphatic rings. The van der Waals surface area contributed by atoms with Crippen LogP contribution < -0.4 is 10.6 Å². The molecule has 0 spiro atoms. The van der Waals surface area contributed by atoms with Gasteiger partial charge in [-0.05, 0) is 37.3 Å². The Kier molecular flexibility index (Phi) is 3.29. The van der Waals surface area contributed by atoms with Crippen LogP contribution in [-0.2, 0) is 4.79 Å². The molecular formula is C12H22N2O. The predicted molar refractivity (Wildman–Crippen MR) is 60.4 cm³/mol. The van der Waals surface area contributed by atoms with Crippen LogP contribution in [0.3, 0.4) is 0 Å². The van der Waals surface area contributed by atoms with Crippen molar-refractivity contribution in [2.24, 2.45) is 23.7 Å². The quantitative estimate of drug-likeness (QED) is 0.711. The van der Waals surface area contributed by atoms with Crippen LogP contribution in [0.1, 0.15) is 26.7 Å². The lowest BCUT2D eigenvalue weighted by atomic mass is 10.1. The van der Waals surface area contributed by atoms with Gasteiger partial charge in [0.2, 0.25) is 5.91 Å². The summed E-state index contributed by atoms with van der Waals surface area (Å²) in [5.74, 6) is 2.91. The fraction of sp³-hybridized carbons (Fsp3) is 0.917. The first-order valence-electron chi connectivity index (χ1n) is 6.22. The van der Waals surface area contributed by atoms with Gasteiger partial charge in [-0.25, -0.2) is 0 Å². The minimum absolute atomic E-state index is 0.187. The van der Waals surface area contributed by atoms with E-state index in [9.17, 15) is 4.79 Å². The molecule has 1 heterocycles. The van der Waals surface area contributed by atoms with E-state index in [-0.39, 0.29) is 11.8 Å². The summed E-state index contributed by atoms with van der Waals surface area (Å²) >= 11 is 0. The number of hydrogen-bond acceptors (Lipinski definition) is 2. The number of carbonyl (C=O) groups is 1. The second-order valence-corrected chi connectivity index (χ2v) is 5.08. The van der Waals surface area contributed by atoms with Crippen LogP contribution in [0.4, 0.5) is 0 Å². The third-order valence-electron chi connectivity index (χ3n) is 3.95. The van der Waals surface area contributed by atoms with E-state index >= 15 is 0 Å². The molecule has 0 aromatic heterocycles. The van der Waals surface area contributed by atoms with Crippen LogP contribution in [0.15, 0.2) is 0 Å². The summed E-state index contributed by atoms with van der Waals surface area (Å²) in [6, 6.07) is 0. The van der Waals surface area contributed by atoms with E-state index in [1.165, 1.54) is 0 Å². The first-order chi connectivity index (χ1) is 7.24. The van der Waals surface area contributed by atoms with Crippen LogP contribution >= 0.6 is 0 Å². The van der Waals surface area contributed by atoms with Gasteiger partial charge in [0.05, 0.1) is 0 Å². The summed E-state index contributed by atoms with van der Waals surface area (Å²) in [6.45, 7) is 7.38. The van der Waals surface area contributed by atoms with Gasteiger partial charge >= 0.3 is 0 Å². The summed E-state index contributed by atoms with van der Waals surface area (Å²) in [5.41, 5.74) is 0. The van der Waals surface area contributed by atoms with Crippen molar-refractivity contribution in [1.29, 1.82) is 0 Å². The molecule has 86 valence electrons. The zero-order valence-corrected chi connectivity index (χ0v) is 9.75. The van der Waals surface area contributed by atoms with Crippen molar-refractivity contribution >= 4 is 5.91 Å². The van der Waals surface area contributed by atoms with Gasteiger partial charge < -0.3 is 10.6 Å². The van der Waals surface area contributed by atoms with Crippen LogP contribution in [-0.4, -0.2) is 25.5 Å². The van der Waals surface area contributed by atoms with E-state index in [0.717, 1.165) is 50.2 Å². The summed E-state index contributed by atoms with van der Waals surface area (Å²) in [4.78, 5) is 11.7. The van der Waals surface area contributed by atoms with E-state index < -0.39 is 0 Å². The maximum absolute atomic E-state index is 11.7. The minimum atomic E-state index is 0.187. The highest BCUT2D eigenvalue weighted by molar-refractivity contribution is 5.78. The Bertz CT molecular complexity index is 232. The van der Waals surface area contributed by atoms with E-state index in [0.29, 0.717) is 0 Å². The fourth-order valence-corrected chi connectivity index (χ4v) is 2.81. The topological polar surface area (TPSA) is 41.1 Å². The first kappa shape index (κ1) is 10.9. The van der Waals surface area contributed by atoms with E-state index in [1.807, 2.05) is 6.92 Å². The molecule has 1 amide bonds. The standard InChI is InChI=1S/C12H22N2O/c1-3-4-8(2)12(15)14-7-11-9-5-13-6-10(9)11/h8-11,13H,3-7H2,1-2H3,(H,14,15). The monoisotopic (exact) mass is 210 g/mol. The highest BCUT2D eigenvalue weighted by Gasteiger charge is 2.52. The molecule has 3 heteroatoms. The van der Waals surface area contributed by atoms with Crippen molar-refractivity contribution in [2.45, 2.75) is 26.7 Å².